The lowest BCUT2D eigenvalue weighted by Crippen LogP contribution is -2.40. The second-order valence-corrected chi connectivity index (χ2v) is 5.98. The normalized spacial score (nSPS) is 24.2. The minimum atomic E-state index is -0.798. The Labute approximate surface area is 112 Å². The molecule has 0 aliphatic carbocycles. The van der Waals surface area contributed by atoms with Crippen LogP contribution < -0.4 is 0 Å². The number of hydrogen-bond donors (Lipinski definition) is 0. The molecule has 0 aromatic rings. The summed E-state index contributed by atoms with van der Waals surface area (Å²) in [6, 6.07) is 0. The van der Waals surface area contributed by atoms with E-state index in [0.29, 0.717) is 13.0 Å². The van der Waals surface area contributed by atoms with Crippen LogP contribution in [0.4, 0.5) is 4.79 Å². The van der Waals surface area contributed by atoms with Gasteiger partial charge in [0.05, 0.1) is 12.0 Å². The largest absolute Gasteiger partial charge is 0.444 e. The smallest absolute Gasteiger partial charge is 0.410 e. The third-order valence-corrected chi connectivity index (χ3v) is 3.24. The summed E-state index contributed by atoms with van der Waals surface area (Å²) in [5.74, 6) is 0. The van der Waals surface area contributed by atoms with Gasteiger partial charge in [-0.25, -0.2) is 4.79 Å². The van der Waals surface area contributed by atoms with Crippen molar-refractivity contribution in [2.45, 2.75) is 32.8 Å². The van der Waals surface area contributed by atoms with Crippen molar-refractivity contribution in [3.8, 4) is 0 Å². The van der Waals surface area contributed by atoms with Gasteiger partial charge in [-0.1, -0.05) is 0 Å². The van der Waals surface area contributed by atoms with Gasteiger partial charge in [-0.3, -0.25) is 4.79 Å². The van der Waals surface area contributed by atoms with E-state index in [1.165, 1.54) is 12.0 Å². The molecule has 1 fully saturated rings. The maximum absolute atomic E-state index is 11.9. The first-order valence-corrected chi connectivity index (χ1v) is 6.25. The summed E-state index contributed by atoms with van der Waals surface area (Å²) >= 11 is 5.63. The number of nitrogens with zero attached hydrogens (tertiary/aromatic N) is 1. The molecular weight excluding hydrogens is 258 g/mol. The molecule has 0 radical (unpaired) electrons. The summed E-state index contributed by atoms with van der Waals surface area (Å²) in [5, 5.41) is -0.463. The number of amides is 1. The Bertz CT molecular complexity index is 339. The van der Waals surface area contributed by atoms with Crippen LogP contribution >= 0.6 is 11.6 Å². The Hall–Kier alpha value is -0.810. The molecule has 1 amide bonds. The van der Waals surface area contributed by atoms with Gasteiger partial charge in [0.1, 0.15) is 5.60 Å². The molecule has 1 atom stereocenters. The second-order valence-electron chi connectivity index (χ2n) is 5.64. The van der Waals surface area contributed by atoms with Gasteiger partial charge < -0.3 is 14.4 Å². The summed E-state index contributed by atoms with van der Waals surface area (Å²) in [5.41, 5.74) is -1.35. The van der Waals surface area contributed by atoms with Crippen LogP contribution in [-0.2, 0) is 14.3 Å². The molecule has 0 bridgehead atoms. The maximum atomic E-state index is 11.9. The molecule has 0 aromatic heterocycles. The van der Waals surface area contributed by atoms with Gasteiger partial charge in [0.2, 0.25) is 5.24 Å². The summed E-state index contributed by atoms with van der Waals surface area (Å²) in [6.45, 7) is 6.33. The maximum Gasteiger partial charge on any atom is 0.410 e. The molecule has 0 saturated carbocycles. The SMILES string of the molecule is COCC1(C(=O)Cl)CCN(C(=O)OC(C)(C)C)C1. The van der Waals surface area contributed by atoms with Crippen molar-refractivity contribution >= 4 is 22.9 Å². The molecule has 1 unspecified atom stereocenters. The molecule has 1 aliphatic rings. The van der Waals surface area contributed by atoms with E-state index in [1.54, 1.807) is 20.8 Å². The summed E-state index contributed by atoms with van der Waals surface area (Å²) < 4.78 is 10.3. The van der Waals surface area contributed by atoms with Gasteiger partial charge in [0.15, 0.2) is 0 Å². The number of ether oxygens (including phenoxy) is 2. The molecule has 1 heterocycles. The molecule has 6 heteroatoms. The van der Waals surface area contributed by atoms with E-state index in [4.69, 9.17) is 21.1 Å². The number of likely N-dealkylation sites (tertiary alicyclic amines) is 1. The number of hydrogen-bond acceptors (Lipinski definition) is 4. The van der Waals surface area contributed by atoms with Gasteiger partial charge >= 0.3 is 6.09 Å². The minimum Gasteiger partial charge on any atom is -0.444 e. The van der Waals surface area contributed by atoms with Gasteiger partial charge in [0.25, 0.3) is 0 Å². The van der Waals surface area contributed by atoms with Crippen LogP contribution in [0.1, 0.15) is 27.2 Å². The average molecular weight is 278 g/mol. The first-order chi connectivity index (χ1) is 8.20. The van der Waals surface area contributed by atoms with Crippen molar-refractivity contribution < 1.29 is 19.1 Å². The number of halogens is 1. The minimum absolute atomic E-state index is 0.217. The summed E-state index contributed by atoms with van der Waals surface area (Å²) in [6.07, 6.45) is 0.0842. The summed E-state index contributed by atoms with van der Waals surface area (Å²) in [4.78, 5) is 24.9. The third kappa shape index (κ3) is 3.59. The van der Waals surface area contributed by atoms with Crippen LogP contribution in [0.5, 0.6) is 0 Å². The fourth-order valence-corrected chi connectivity index (χ4v) is 2.17. The number of methoxy groups -OCH3 is 1. The Morgan fingerprint density at radius 2 is 2.00 bits per heavy atom. The molecule has 0 aromatic carbocycles. The lowest BCUT2D eigenvalue weighted by Gasteiger charge is -2.26. The Morgan fingerprint density at radius 1 is 1.39 bits per heavy atom. The van der Waals surface area contributed by atoms with Crippen molar-refractivity contribution in [2.24, 2.45) is 5.41 Å². The van der Waals surface area contributed by atoms with Crippen LogP contribution in [-0.4, -0.2) is 48.6 Å². The van der Waals surface area contributed by atoms with E-state index in [2.05, 4.69) is 0 Å². The van der Waals surface area contributed by atoms with E-state index < -0.39 is 22.4 Å². The third-order valence-electron chi connectivity index (χ3n) is 2.84. The summed E-state index contributed by atoms with van der Waals surface area (Å²) in [7, 11) is 1.51. The van der Waals surface area contributed by atoms with Gasteiger partial charge in [-0.2, -0.15) is 0 Å². The lowest BCUT2D eigenvalue weighted by molar-refractivity contribution is -0.122. The Kier molecular flexibility index (Phi) is 4.61. The Balaban J connectivity index is 2.69. The van der Waals surface area contributed by atoms with Gasteiger partial charge in [0, 0.05) is 20.2 Å². The van der Waals surface area contributed by atoms with Crippen LogP contribution in [0.2, 0.25) is 0 Å². The van der Waals surface area contributed by atoms with Gasteiger partial charge in [-0.15, -0.1) is 0 Å². The zero-order valence-electron chi connectivity index (χ0n) is 11.3. The van der Waals surface area contributed by atoms with Crippen molar-refractivity contribution in [1.82, 2.24) is 4.90 Å². The van der Waals surface area contributed by atoms with Gasteiger partial charge in [-0.05, 0) is 38.8 Å². The highest BCUT2D eigenvalue weighted by Gasteiger charge is 2.46. The molecule has 1 rings (SSSR count). The average Bonchev–Trinajstić information content (AvgIpc) is 2.61. The first kappa shape index (κ1) is 15.2. The highest BCUT2D eigenvalue weighted by Crippen LogP contribution is 2.34. The van der Waals surface area contributed by atoms with Crippen molar-refractivity contribution in [3.63, 3.8) is 0 Å². The quantitative estimate of drug-likeness (QED) is 0.741. The standard InChI is InChI=1S/C12H20ClNO4/c1-11(2,3)18-10(16)14-6-5-12(7-14,8-17-4)9(13)15/h5-8H2,1-4H3. The Morgan fingerprint density at radius 3 is 2.44 bits per heavy atom. The number of carbonyl (C=O) groups excluding carboxylic acids is 2. The number of rotatable bonds is 3. The topological polar surface area (TPSA) is 55.8 Å². The fourth-order valence-electron chi connectivity index (χ4n) is 1.97. The molecule has 1 aliphatic heterocycles. The van der Waals surface area contributed by atoms with Crippen LogP contribution in [0.25, 0.3) is 0 Å². The zero-order valence-corrected chi connectivity index (χ0v) is 12.0. The van der Waals surface area contributed by atoms with E-state index >= 15 is 0 Å². The van der Waals surface area contributed by atoms with Crippen LogP contribution in [0.3, 0.4) is 0 Å². The van der Waals surface area contributed by atoms with E-state index in [0.717, 1.165) is 0 Å². The highest BCUT2D eigenvalue weighted by atomic mass is 35.5. The fraction of sp³-hybridized carbons (Fsp3) is 0.833. The molecule has 1 saturated heterocycles. The predicted octanol–water partition coefficient (Wildman–Crippen LogP) is 2.03. The first-order valence-electron chi connectivity index (χ1n) is 5.87. The van der Waals surface area contributed by atoms with E-state index in [1.807, 2.05) is 0 Å². The predicted molar refractivity (Wildman–Crippen MR) is 67.6 cm³/mol. The van der Waals surface area contributed by atoms with E-state index in [9.17, 15) is 9.59 Å². The van der Waals surface area contributed by atoms with Crippen LogP contribution in [0.15, 0.2) is 0 Å². The van der Waals surface area contributed by atoms with Crippen molar-refractivity contribution in [3.05, 3.63) is 0 Å². The van der Waals surface area contributed by atoms with Crippen LogP contribution in [0, 0.1) is 5.41 Å². The molecule has 5 nitrogen and oxygen atoms in total. The highest BCUT2D eigenvalue weighted by molar-refractivity contribution is 6.64. The van der Waals surface area contributed by atoms with Crippen molar-refractivity contribution in [1.29, 1.82) is 0 Å². The second kappa shape index (κ2) is 5.45. The zero-order chi connectivity index (χ0) is 14.0. The molecule has 0 N–H and O–H groups in total. The monoisotopic (exact) mass is 277 g/mol. The molecule has 104 valence electrons. The molecule has 0 spiro atoms. The molecular formula is C12H20ClNO4. The number of carbonyl (C=O) groups is 2. The van der Waals surface area contributed by atoms with Crippen molar-refractivity contribution in [2.75, 3.05) is 26.8 Å². The van der Waals surface area contributed by atoms with E-state index in [-0.39, 0.29) is 13.2 Å². The molecule has 18 heavy (non-hydrogen) atoms. The lowest BCUT2D eigenvalue weighted by atomic mass is 9.90.